The quantitative estimate of drug-likeness (QED) is 0.795. The van der Waals surface area contributed by atoms with Crippen LogP contribution in [0, 0.1) is 25.7 Å². The normalized spacial score (nSPS) is 24.8. The third-order valence-corrected chi connectivity index (χ3v) is 3.02. The molecule has 3 nitrogen and oxygen atoms in total. The third kappa shape index (κ3) is 2.03. The molecule has 1 fully saturated rings. The minimum atomic E-state index is 0.771. The summed E-state index contributed by atoms with van der Waals surface area (Å²) in [5.41, 5.74) is 2.21. The second kappa shape index (κ2) is 3.56. The molecule has 1 aromatic rings. The molecule has 0 saturated heterocycles. The second-order valence-electron chi connectivity index (χ2n) is 4.32. The molecule has 1 N–H and O–H groups in total. The number of aromatic nitrogens is 2. The maximum absolute atomic E-state index is 4.38. The van der Waals surface area contributed by atoms with E-state index >= 15 is 0 Å². The first-order valence-electron chi connectivity index (χ1n) is 5.21. The molecule has 1 heterocycles. The van der Waals surface area contributed by atoms with Crippen molar-refractivity contribution in [2.75, 3.05) is 11.9 Å². The summed E-state index contributed by atoms with van der Waals surface area (Å²) in [4.78, 5) is 8.62. The van der Waals surface area contributed by atoms with Gasteiger partial charge in [0.1, 0.15) is 0 Å². The maximum Gasteiger partial charge on any atom is 0.222 e. The van der Waals surface area contributed by atoms with Crippen molar-refractivity contribution in [1.82, 2.24) is 9.97 Å². The minimum absolute atomic E-state index is 0.771. The van der Waals surface area contributed by atoms with Crippen molar-refractivity contribution in [3.8, 4) is 0 Å². The van der Waals surface area contributed by atoms with Crippen LogP contribution in [-0.4, -0.2) is 16.5 Å². The Balaban J connectivity index is 1.92. The maximum atomic E-state index is 4.38. The smallest absolute Gasteiger partial charge is 0.222 e. The fourth-order valence-electron chi connectivity index (χ4n) is 1.52. The van der Waals surface area contributed by atoms with Crippen LogP contribution in [0.15, 0.2) is 6.20 Å². The molecule has 0 bridgehead atoms. The molecule has 2 rings (SSSR count). The highest BCUT2D eigenvalue weighted by Crippen LogP contribution is 2.37. The van der Waals surface area contributed by atoms with Crippen LogP contribution in [0.4, 0.5) is 5.95 Å². The van der Waals surface area contributed by atoms with Crippen molar-refractivity contribution in [2.45, 2.75) is 27.2 Å². The molecule has 3 heteroatoms. The van der Waals surface area contributed by atoms with Gasteiger partial charge in [0.25, 0.3) is 0 Å². The Hall–Kier alpha value is -1.12. The Morgan fingerprint density at radius 3 is 2.79 bits per heavy atom. The lowest BCUT2D eigenvalue weighted by atomic mass is 10.3. The Morgan fingerprint density at radius 2 is 2.21 bits per heavy atom. The summed E-state index contributed by atoms with van der Waals surface area (Å²) in [6, 6.07) is 0. The Bertz CT molecular complexity index is 335. The van der Waals surface area contributed by atoms with Crippen molar-refractivity contribution in [1.29, 1.82) is 0 Å². The highest BCUT2D eigenvalue weighted by atomic mass is 15.1. The van der Waals surface area contributed by atoms with Gasteiger partial charge in [0, 0.05) is 18.4 Å². The van der Waals surface area contributed by atoms with Crippen molar-refractivity contribution in [3.63, 3.8) is 0 Å². The van der Waals surface area contributed by atoms with Gasteiger partial charge in [-0.25, -0.2) is 9.97 Å². The molecular weight excluding hydrogens is 174 g/mol. The van der Waals surface area contributed by atoms with E-state index in [1.165, 1.54) is 6.42 Å². The zero-order valence-electron chi connectivity index (χ0n) is 9.04. The molecule has 0 amide bonds. The number of hydrogen-bond acceptors (Lipinski definition) is 3. The Kier molecular flexibility index (Phi) is 2.40. The first-order chi connectivity index (χ1) is 6.66. The number of nitrogens with zero attached hydrogens (tertiary/aromatic N) is 2. The Morgan fingerprint density at radius 1 is 1.50 bits per heavy atom. The zero-order valence-corrected chi connectivity index (χ0v) is 9.04. The lowest BCUT2D eigenvalue weighted by Crippen LogP contribution is -2.08. The first kappa shape index (κ1) is 9.44. The summed E-state index contributed by atoms with van der Waals surface area (Å²) in [7, 11) is 0. The van der Waals surface area contributed by atoms with Gasteiger partial charge in [-0.2, -0.15) is 0 Å². The zero-order chi connectivity index (χ0) is 10.1. The van der Waals surface area contributed by atoms with E-state index in [0.29, 0.717) is 0 Å². The van der Waals surface area contributed by atoms with E-state index in [4.69, 9.17) is 0 Å². The second-order valence-corrected chi connectivity index (χ2v) is 4.32. The SMILES string of the molecule is Cc1cnc(NCC2CC2C)nc1C. The number of rotatable bonds is 3. The van der Waals surface area contributed by atoms with Crippen LogP contribution in [0.1, 0.15) is 24.6 Å². The highest BCUT2D eigenvalue weighted by molar-refractivity contribution is 5.28. The van der Waals surface area contributed by atoms with Crippen molar-refractivity contribution in [2.24, 2.45) is 11.8 Å². The van der Waals surface area contributed by atoms with Gasteiger partial charge in [-0.15, -0.1) is 0 Å². The van der Waals surface area contributed by atoms with E-state index in [9.17, 15) is 0 Å². The summed E-state index contributed by atoms with van der Waals surface area (Å²) in [6.07, 6.45) is 3.22. The third-order valence-electron chi connectivity index (χ3n) is 3.02. The standard InChI is InChI=1S/C11H17N3/c1-7-4-10(7)6-13-11-12-5-8(2)9(3)14-11/h5,7,10H,4,6H2,1-3H3,(H,12,13,14). The minimum Gasteiger partial charge on any atom is -0.354 e. The van der Waals surface area contributed by atoms with Crippen LogP contribution in [0.3, 0.4) is 0 Å². The van der Waals surface area contributed by atoms with Crippen molar-refractivity contribution in [3.05, 3.63) is 17.5 Å². The summed E-state index contributed by atoms with van der Waals surface area (Å²) < 4.78 is 0. The molecule has 2 unspecified atom stereocenters. The molecule has 0 aromatic carbocycles. The molecule has 1 aliphatic rings. The van der Waals surface area contributed by atoms with Crippen LogP contribution in [0.5, 0.6) is 0 Å². The number of aryl methyl sites for hydroxylation is 2. The van der Waals surface area contributed by atoms with Crippen LogP contribution in [-0.2, 0) is 0 Å². The van der Waals surface area contributed by atoms with Gasteiger partial charge in [0.05, 0.1) is 0 Å². The molecule has 0 radical (unpaired) electrons. The van der Waals surface area contributed by atoms with Crippen LogP contribution in [0.2, 0.25) is 0 Å². The molecule has 2 atom stereocenters. The van der Waals surface area contributed by atoms with Crippen LogP contribution >= 0.6 is 0 Å². The van der Waals surface area contributed by atoms with Gasteiger partial charge in [0.15, 0.2) is 0 Å². The number of anilines is 1. The molecule has 0 aliphatic heterocycles. The van der Waals surface area contributed by atoms with Gasteiger partial charge in [-0.1, -0.05) is 6.92 Å². The monoisotopic (exact) mass is 191 g/mol. The van der Waals surface area contributed by atoms with Gasteiger partial charge in [-0.05, 0) is 37.7 Å². The fraction of sp³-hybridized carbons (Fsp3) is 0.636. The average Bonchev–Trinajstić information content (AvgIpc) is 2.85. The van der Waals surface area contributed by atoms with Gasteiger partial charge < -0.3 is 5.32 Å². The van der Waals surface area contributed by atoms with E-state index in [1.807, 2.05) is 20.0 Å². The van der Waals surface area contributed by atoms with Gasteiger partial charge in [0.2, 0.25) is 5.95 Å². The van der Waals surface area contributed by atoms with E-state index in [-0.39, 0.29) is 0 Å². The molecule has 1 saturated carbocycles. The highest BCUT2D eigenvalue weighted by Gasteiger charge is 2.31. The number of hydrogen-bond donors (Lipinski definition) is 1. The topological polar surface area (TPSA) is 37.8 Å². The van der Waals surface area contributed by atoms with Gasteiger partial charge in [-0.3, -0.25) is 0 Å². The number of nitrogens with one attached hydrogen (secondary N) is 1. The molecule has 1 aliphatic carbocycles. The summed E-state index contributed by atoms with van der Waals surface area (Å²) in [5, 5.41) is 3.28. The average molecular weight is 191 g/mol. The predicted molar refractivity (Wildman–Crippen MR) is 57.3 cm³/mol. The van der Waals surface area contributed by atoms with Gasteiger partial charge >= 0.3 is 0 Å². The molecule has 14 heavy (non-hydrogen) atoms. The fourth-order valence-corrected chi connectivity index (χ4v) is 1.52. The Labute approximate surface area is 85.0 Å². The molecule has 1 aromatic heterocycles. The van der Waals surface area contributed by atoms with E-state index < -0.39 is 0 Å². The van der Waals surface area contributed by atoms with Crippen LogP contribution in [0.25, 0.3) is 0 Å². The van der Waals surface area contributed by atoms with E-state index in [2.05, 4.69) is 22.2 Å². The first-order valence-corrected chi connectivity index (χ1v) is 5.21. The lowest BCUT2D eigenvalue weighted by molar-refractivity contribution is 0.779. The largest absolute Gasteiger partial charge is 0.354 e. The summed E-state index contributed by atoms with van der Waals surface area (Å²) in [5.74, 6) is 2.49. The van der Waals surface area contributed by atoms with Crippen molar-refractivity contribution < 1.29 is 0 Å². The van der Waals surface area contributed by atoms with E-state index in [1.54, 1.807) is 0 Å². The molecular formula is C11H17N3. The predicted octanol–water partition coefficient (Wildman–Crippen LogP) is 2.16. The summed E-state index contributed by atoms with van der Waals surface area (Å²) >= 11 is 0. The summed E-state index contributed by atoms with van der Waals surface area (Å²) in [6.45, 7) is 7.35. The van der Waals surface area contributed by atoms with E-state index in [0.717, 1.165) is 35.6 Å². The lowest BCUT2D eigenvalue weighted by Gasteiger charge is -2.05. The van der Waals surface area contributed by atoms with Crippen molar-refractivity contribution >= 4 is 5.95 Å². The molecule has 0 spiro atoms. The van der Waals surface area contributed by atoms with Crippen LogP contribution < -0.4 is 5.32 Å². The molecule has 76 valence electrons.